The van der Waals surface area contributed by atoms with Crippen molar-refractivity contribution < 1.29 is 14.1 Å². The number of likely N-dealkylation sites (tertiary alicyclic amines) is 1. The maximum absolute atomic E-state index is 12.5. The van der Waals surface area contributed by atoms with Gasteiger partial charge in [0.25, 0.3) is 5.91 Å². The molecule has 2 heterocycles. The summed E-state index contributed by atoms with van der Waals surface area (Å²) in [5.41, 5.74) is 5.09. The summed E-state index contributed by atoms with van der Waals surface area (Å²) in [4.78, 5) is 17.3. The number of likely N-dealkylation sites (N-methyl/N-ethyl adjacent to an activating group) is 1. The minimum absolute atomic E-state index is 0.00527. The van der Waals surface area contributed by atoms with Crippen LogP contribution in [0.15, 0.2) is 42.5 Å². The highest BCUT2D eigenvalue weighted by atomic mass is 32.2. The lowest BCUT2D eigenvalue weighted by Crippen LogP contribution is -2.35. The molecule has 0 radical (unpaired) electrons. The predicted octanol–water partition coefficient (Wildman–Crippen LogP) is 3.32. The Bertz CT molecular complexity index is 984. The molecule has 190 valence electrons. The fourth-order valence-electron chi connectivity index (χ4n) is 5.40. The molecule has 35 heavy (non-hydrogen) atoms. The van der Waals surface area contributed by atoms with Gasteiger partial charge in [-0.1, -0.05) is 47.6 Å². The second-order valence-electron chi connectivity index (χ2n) is 9.93. The van der Waals surface area contributed by atoms with Gasteiger partial charge >= 0.3 is 0 Å². The number of benzene rings is 2. The Hall–Kier alpha value is -2.06. The van der Waals surface area contributed by atoms with Crippen molar-refractivity contribution in [2.45, 2.75) is 43.9 Å². The van der Waals surface area contributed by atoms with Crippen LogP contribution >= 0.6 is 0 Å². The lowest BCUT2D eigenvalue weighted by Gasteiger charge is -2.32. The first-order chi connectivity index (χ1) is 17.0. The van der Waals surface area contributed by atoms with Crippen molar-refractivity contribution in [2.75, 3.05) is 52.6 Å². The number of hydrogen-bond donors (Lipinski definition) is 1. The van der Waals surface area contributed by atoms with E-state index >= 15 is 0 Å². The van der Waals surface area contributed by atoms with Gasteiger partial charge in [-0.15, -0.1) is 0 Å². The molecule has 2 aromatic rings. The van der Waals surface area contributed by atoms with Gasteiger partial charge in [0.1, 0.15) is 11.5 Å². The first-order valence-electron chi connectivity index (χ1n) is 12.8. The summed E-state index contributed by atoms with van der Waals surface area (Å²) in [6, 6.07) is 14.6. The van der Waals surface area contributed by atoms with Crippen LogP contribution in [-0.2, 0) is 34.7 Å². The molecule has 1 fully saturated rings. The molecule has 1 amide bonds. The zero-order valence-electron chi connectivity index (χ0n) is 21.1. The average Bonchev–Trinajstić information content (AvgIpc) is 2.85. The van der Waals surface area contributed by atoms with Crippen molar-refractivity contribution in [2.24, 2.45) is 0 Å². The van der Waals surface area contributed by atoms with Gasteiger partial charge in [0.2, 0.25) is 0 Å². The molecule has 2 aliphatic heterocycles. The Labute approximate surface area is 213 Å². The molecule has 2 aliphatic rings. The van der Waals surface area contributed by atoms with Gasteiger partial charge in [0.05, 0.1) is 6.26 Å². The Kier molecular flexibility index (Phi) is 9.49. The number of nitrogens with zero attached hydrogens (tertiary/aromatic N) is 2. The number of fused-ring (bicyclic) bond motifs is 1. The summed E-state index contributed by atoms with van der Waals surface area (Å²) >= 11 is -0.933. The van der Waals surface area contributed by atoms with E-state index in [1.165, 1.54) is 11.1 Å². The number of nitrogens with one attached hydrogen (secondary N) is 1. The summed E-state index contributed by atoms with van der Waals surface area (Å²) in [5.74, 6) is 1.52. The summed E-state index contributed by atoms with van der Waals surface area (Å²) in [6.45, 7) is 5.75. The van der Waals surface area contributed by atoms with Crippen molar-refractivity contribution in [1.29, 1.82) is 0 Å². The highest BCUT2D eigenvalue weighted by Crippen LogP contribution is 2.36. The van der Waals surface area contributed by atoms with Gasteiger partial charge in [0.15, 0.2) is 6.61 Å². The van der Waals surface area contributed by atoms with Crippen LogP contribution in [0, 0.1) is 0 Å². The summed E-state index contributed by atoms with van der Waals surface area (Å²) < 4.78 is 18.1. The Morgan fingerprint density at radius 1 is 1.17 bits per heavy atom. The normalized spacial score (nSPS) is 19.7. The second-order valence-corrected chi connectivity index (χ2v) is 11.4. The van der Waals surface area contributed by atoms with E-state index in [0.29, 0.717) is 18.2 Å². The molecule has 4 rings (SSSR count). The monoisotopic (exact) mass is 497 g/mol. The fourth-order valence-corrected chi connectivity index (χ4v) is 6.09. The van der Waals surface area contributed by atoms with Crippen LogP contribution in [0.2, 0.25) is 0 Å². The highest BCUT2D eigenvalue weighted by Gasteiger charge is 2.26. The van der Waals surface area contributed by atoms with Gasteiger partial charge in [0, 0.05) is 49.8 Å². The van der Waals surface area contributed by atoms with Gasteiger partial charge in [-0.3, -0.25) is 9.69 Å². The molecule has 0 bridgehead atoms. The standard InChI is InChI=1S/C28H39N3O3S/c1-30-15-6-11-24(18-30)28-25(21-35(2)33)10-5-12-26(28)34-20-27(32)29-14-7-16-31-17-13-22-8-3-4-9-23(22)19-31/h3-5,8-10,12,24H,6-7,11,13-21H2,1-2H3,(H,29,32). The van der Waals surface area contributed by atoms with Crippen LogP contribution in [-0.4, -0.2) is 72.9 Å². The van der Waals surface area contributed by atoms with E-state index in [-0.39, 0.29) is 12.5 Å². The quantitative estimate of drug-likeness (QED) is 0.403. The molecule has 1 N–H and O–H groups in total. The molecular formula is C28H39N3O3S. The molecule has 2 unspecified atom stereocenters. The lowest BCUT2D eigenvalue weighted by molar-refractivity contribution is -0.123. The third-order valence-corrected chi connectivity index (χ3v) is 7.81. The Morgan fingerprint density at radius 3 is 2.80 bits per heavy atom. The molecule has 0 spiro atoms. The number of rotatable bonds is 10. The highest BCUT2D eigenvalue weighted by molar-refractivity contribution is 7.89. The Morgan fingerprint density at radius 2 is 2.00 bits per heavy atom. The average molecular weight is 498 g/mol. The van der Waals surface area contributed by atoms with Gasteiger partial charge < -0.3 is 19.5 Å². The topological polar surface area (TPSA) is 67.9 Å². The molecule has 0 saturated carbocycles. The number of amides is 1. The SMILES string of the molecule is CN1CCCC(c2c(C[S+](C)[O-])cccc2OCC(=O)NCCCN2CCc3ccccc3C2)C1. The van der Waals surface area contributed by atoms with Gasteiger partial charge in [-0.2, -0.15) is 0 Å². The van der Waals surface area contributed by atoms with Crippen LogP contribution in [0.25, 0.3) is 0 Å². The number of carbonyl (C=O) groups excluding carboxylic acids is 1. The van der Waals surface area contributed by atoms with E-state index in [9.17, 15) is 9.35 Å². The smallest absolute Gasteiger partial charge is 0.257 e. The fraction of sp³-hybridized carbons (Fsp3) is 0.536. The molecular weight excluding hydrogens is 458 g/mol. The third kappa shape index (κ3) is 7.46. The zero-order valence-corrected chi connectivity index (χ0v) is 21.9. The molecule has 7 heteroatoms. The Balaban J connectivity index is 1.26. The number of piperidine rings is 1. The van der Waals surface area contributed by atoms with Crippen molar-refractivity contribution in [3.63, 3.8) is 0 Å². The zero-order chi connectivity index (χ0) is 24.6. The predicted molar refractivity (Wildman–Crippen MR) is 142 cm³/mol. The maximum Gasteiger partial charge on any atom is 0.257 e. The van der Waals surface area contributed by atoms with Crippen LogP contribution in [0.3, 0.4) is 0 Å². The van der Waals surface area contributed by atoms with Gasteiger partial charge in [-0.25, -0.2) is 0 Å². The summed E-state index contributed by atoms with van der Waals surface area (Å²) in [6.07, 6.45) is 5.97. The number of carbonyl (C=O) groups is 1. The number of ether oxygens (including phenoxy) is 1. The first kappa shape index (κ1) is 26.0. The van der Waals surface area contributed by atoms with Crippen LogP contribution in [0.5, 0.6) is 5.75 Å². The number of hydrogen-bond acceptors (Lipinski definition) is 5. The van der Waals surface area contributed by atoms with Crippen molar-refractivity contribution in [3.05, 3.63) is 64.7 Å². The summed E-state index contributed by atoms with van der Waals surface area (Å²) in [7, 11) is 2.14. The molecule has 2 atom stereocenters. The van der Waals surface area contributed by atoms with Gasteiger partial charge in [-0.05, 0) is 56.5 Å². The second kappa shape index (κ2) is 12.8. The molecule has 0 aromatic heterocycles. The third-order valence-electron chi connectivity index (χ3n) is 7.09. The van der Waals surface area contributed by atoms with Crippen molar-refractivity contribution in [1.82, 2.24) is 15.1 Å². The van der Waals surface area contributed by atoms with E-state index in [4.69, 9.17) is 4.74 Å². The minimum atomic E-state index is -0.933. The maximum atomic E-state index is 12.5. The largest absolute Gasteiger partial charge is 0.616 e. The molecule has 0 aliphatic carbocycles. The van der Waals surface area contributed by atoms with E-state index in [0.717, 1.165) is 75.3 Å². The van der Waals surface area contributed by atoms with Crippen molar-refractivity contribution in [3.8, 4) is 5.75 Å². The van der Waals surface area contributed by atoms with Crippen LogP contribution < -0.4 is 10.1 Å². The molecule has 6 nitrogen and oxygen atoms in total. The van der Waals surface area contributed by atoms with Crippen LogP contribution in [0.4, 0.5) is 0 Å². The lowest BCUT2D eigenvalue weighted by atomic mass is 9.87. The van der Waals surface area contributed by atoms with E-state index in [1.54, 1.807) is 6.26 Å². The van der Waals surface area contributed by atoms with E-state index in [1.807, 2.05) is 12.1 Å². The molecule has 2 aromatic carbocycles. The molecule has 1 saturated heterocycles. The van der Waals surface area contributed by atoms with Crippen molar-refractivity contribution >= 4 is 17.1 Å². The minimum Gasteiger partial charge on any atom is -0.616 e. The first-order valence-corrected chi connectivity index (χ1v) is 14.5. The van der Waals surface area contributed by atoms with Crippen LogP contribution in [0.1, 0.15) is 47.4 Å². The summed E-state index contributed by atoms with van der Waals surface area (Å²) in [5, 5.41) is 3.02. The van der Waals surface area contributed by atoms with E-state index < -0.39 is 11.2 Å². The van der Waals surface area contributed by atoms with E-state index in [2.05, 4.69) is 52.5 Å².